The average molecular weight is 426 g/mol. The van der Waals surface area contributed by atoms with Gasteiger partial charge in [-0.3, -0.25) is 0 Å². The molecule has 8 heteroatoms. The first kappa shape index (κ1) is 19.6. The van der Waals surface area contributed by atoms with Crippen molar-refractivity contribution in [3.8, 4) is 0 Å². The van der Waals surface area contributed by atoms with Gasteiger partial charge in [-0.2, -0.15) is 26.3 Å². The molecule has 1 spiro atoms. The van der Waals surface area contributed by atoms with Crippen LogP contribution < -0.4 is 10.6 Å². The van der Waals surface area contributed by atoms with Gasteiger partial charge in [-0.1, -0.05) is 12.1 Å². The Balaban J connectivity index is 1.59. The van der Waals surface area contributed by atoms with E-state index in [1.54, 1.807) is 6.07 Å². The van der Waals surface area contributed by atoms with Crippen LogP contribution in [-0.4, -0.2) is 5.54 Å². The van der Waals surface area contributed by atoms with Crippen molar-refractivity contribution in [2.24, 2.45) is 5.92 Å². The highest BCUT2D eigenvalue weighted by molar-refractivity contribution is 5.67. The molecule has 2 unspecified atom stereocenters. The second-order valence-electron chi connectivity index (χ2n) is 8.66. The van der Waals surface area contributed by atoms with E-state index in [-0.39, 0.29) is 11.5 Å². The van der Waals surface area contributed by atoms with Gasteiger partial charge in [0.1, 0.15) is 0 Å². The van der Waals surface area contributed by atoms with Gasteiger partial charge in [-0.25, -0.2) is 0 Å². The Kier molecular flexibility index (Phi) is 3.97. The van der Waals surface area contributed by atoms with E-state index in [9.17, 15) is 26.3 Å². The fourth-order valence-electron chi connectivity index (χ4n) is 5.49. The second-order valence-corrected chi connectivity index (χ2v) is 8.66. The van der Waals surface area contributed by atoms with Crippen LogP contribution in [0.3, 0.4) is 0 Å². The molecule has 2 nitrogen and oxygen atoms in total. The molecule has 3 aliphatic rings. The van der Waals surface area contributed by atoms with Crippen molar-refractivity contribution >= 4 is 11.4 Å². The van der Waals surface area contributed by atoms with Gasteiger partial charge in [0.2, 0.25) is 0 Å². The van der Waals surface area contributed by atoms with Gasteiger partial charge in [-0.15, -0.1) is 0 Å². The van der Waals surface area contributed by atoms with E-state index in [1.807, 2.05) is 0 Å². The van der Waals surface area contributed by atoms with Crippen molar-refractivity contribution < 1.29 is 26.3 Å². The van der Waals surface area contributed by atoms with E-state index < -0.39 is 29.0 Å². The summed E-state index contributed by atoms with van der Waals surface area (Å²) in [6, 6.07) is 8.69. The fourth-order valence-corrected chi connectivity index (χ4v) is 5.49. The molecular formula is C22H20F6N2. The lowest BCUT2D eigenvalue weighted by atomic mass is 9.48. The van der Waals surface area contributed by atoms with Gasteiger partial charge in [0.25, 0.3) is 0 Å². The molecule has 1 aliphatic heterocycles. The minimum absolute atomic E-state index is 0.109. The van der Waals surface area contributed by atoms with Gasteiger partial charge in [0.15, 0.2) is 0 Å². The van der Waals surface area contributed by atoms with Crippen molar-refractivity contribution in [1.29, 1.82) is 0 Å². The molecule has 0 bridgehead atoms. The number of alkyl halides is 6. The minimum atomic E-state index is -4.46. The average Bonchev–Trinajstić information content (AvgIpc) is 2.61. The first-order chi connectivity index (χ1) is 14.0. The first-order valence-corrected chi connectivity index (χ1v) is 9.99. The van der Waals surface area contributed by atoms with Gasteiger partial charge in [-0.05, 0) is 62.4 Å². The molecule has 0 radical (unpaired) electrons. The lowest BCUT2D eigenvalue weighted by Gasteiger charge is -2.66. The minimum Gasteiger partial charge on any atom is -0.379 e. The number of hydrogen-bond donors (Lipinski definition) is 2. The van der Waals surface area contributed by atoms with Crippen LogP contribution in [-0.2, 0) is 17.9 Å². The summed E-state index contributed by atoms with van der Waals surface area (Å²) in [6.45, 7) is 0. The smallest absolute Gasteiger partial charge is 0.379 e. The maximum atomic E-state index is 13.3. The fraction of sp³-hybridized carbons (Fsp3) is 0.455. The third kappa shape index (κ3) is 2.79. The molecule has 0 saturated heterocycles. The molecule has 2 atom stereocenters. The highest BCUT2D eigenvalue weighted by Gasteiger charge is 2.63. The van der Waals surface area contributed by atoms with Crippen LogP contribution in [0.4, 0.5) is 37.7 Å². The lowest BCUT2D eigenvalue weighted by Crippen LogP contribution is -2.68. The molecule has 0 aromatic heterocycles. The molecule has 2 fully saturated rings. The molecule has 0 amide bonds. The number of rotatable bonds is 2. The highest BCUT2D eigenvalue weighted by atomic mass is 19.4. The van der Waals surface area contributed by atoms with Crippen LogP contribution in [0.5, 0.6) is 0 Å². The predicted octanol–water partition coefficient (Wildman–Crippen LogP) is 6.79. The van der Waals surface area contributed by atoms with Crippen molar-refractivity contribution in [3.63, 3.8) is 0 Å². The molecule has 2 N–H and O–H groups in total. The van der Waals surface area contributed by atoms with Crippen LogP contribution in [0.1, 0.15) is 48.8 Å². The van der Waals surface area contributed by atoms with Gasteiger partial charge in [0, 0.05) is 28.4 Å². The molecule has 2 saturated carbocycles. The molecule has 160 valence electrons. The van der Waals surface area contributed by atoms with Gasteiger partial charge < -0.3 is 10.6 Å². The summed E-state index contributed by atoms with van der Waals surface area (Å²) in [5, 5.41) is 6.70. The summed E-state index contributed by atoms with van der Waals surface area (Å²) in [5.74, 6) is 0.109. The van der Waals surface area contributed by atoms with Crippen molar-refractivity contribution in [2.75, 3.05) is 10.6 Å². The Morgan fingerprint density at radius 2 is 1.57 bits per heavy atom. The van der Waals surface area contributed by atoms with Gasteiger partial charge in [0.05, 0.1) is 16.7 Å². The lowest BCUT2D eigenvalue weighted by molar-refractivity contribution is -0.138. The molecule has 5 rings (SSSR count). The third-order valence-electron chi connectivity index (χ3n) is 7.10. The van der Waals surface area contributed by atoms with E-state index in [0.717, 1.165) is 49.9 Å². The maximum absolute atomic E-state index is 13.3. The molecule has 2 aromatic carbocycles. The van der Waals surface area contributed by atoms with Crippen LogP contribution in [0, 0.1) is 5.92 Å². The third-order valence-corrected chi connectivity index (χ3v) is 7.10. The Labute approximate surface area is 169 Å². The monoisotopic (exact) mass is 426 g/mol. The molecular weight excluding hydrogens is 406 g/mol. The zero-order valence-electron chi connectivity index (χ0n) is 15.9. The number of anilines is 2. The number of benzene rings is 2. The Morgan fingerprint density at radius 3 is 2.13 bits per heavy atom. The van der Waals surface area contributed by atoms with Gasteiger partial charge >= 0.3 is 12.4 Å². The summed E-state index contributed by atoms with van der Waals surface area (Å²) in [6.07, 6.45) is -4.70. The van der Waals surface area contributed by atoms with Crippen LogP contribution in [0.2, 0.25) is 0 Å². The van der Waals surface area contributed by atoms with Crippen LogP contribution >= 0.6 is 0 Å². The normalized spacial score (nSPS) is 26.7. The van der Waals surface area contributed by atoms with E-state index in [0.29, 0.717) is 23.4 Å². The van der Waals surface area contributed by atoms with Crippen molar-refractivity contribution in [3.05, 3.63) is 59.2 Å². The van der Waals surface area contributed by atoms with E-state index in [2.05, 4.69) is 10.6 Å². The predicted molar refractivity (Wildman–Crippen MR) is 101 cm³/mol. The topological polar surface area (TPSA) is 24.1 Å². The number of nitrogens with one attached hydrogen (secondary N) is 2. The highest BCUT2D eigenvalue weighted by Crippen LogP contribution is 2.63. The molecule has 2 aromatic rings. The van der Waals surface area contributed by atoms with Crippen molar-refractivity contribution in [2.45, 2.75) is 55.5 Å². The Hall–Kier alpha value is -2.38. The largest absolute Gasteiger partial charge is 0.416 e. The maximum Gasteiger partial charge on any atom is 0.416 e. The van der Waals surface area contributed by atoms with E-state index >= 15 is 0 Å². The SMILES string of the molecule is FC(F)(F)c1cccc(NC23CCC2C2(CCC2)Nc2cc(C(F)(F)F)ccc23)c1. The van der Waals surface area contributed by atoms with E-state index in [1.165, 1.54) is 12.1 Å². The zero-order valence-corrected chi connectivity index (χ0v) is 15.9. The number of halogens is 6. The summed E-state index contributed by atoms with van der Waals surface area (Å²) in [5.41, 5.74) is -0.993. The Morgan fingerprint density at radius 1 is 0.867 bits per heavy atom. The quantitative estimate of drug-likeness (QED) is 0.517. The van der Waals surface area contributed by atoms with Crippen LogP contribution in [0.15, 0.2) is 42.5 Å². The molecule has 2 aliphatic carbocycles. The number of fused-ring (bicyclic) bond motifs is 4. The molecule has 30 heavy (non-hydrogen) atoms. The first-order valence-electron chi connectivity index (χ1n) is 9.99. The van der Waals surface area contributed by atoms with Crippen LogP contribution in [0.25, 0.3) is 0 Å². The molecule has 1 heterocycles. The zero-order chi connectivity index (χ0) is 21.4. The number of hydrogen-bond acceptors (Lipinski definition) is 2. The summed E-state index contributed by atoms with van der Waals surface area (Å²) >= 11 is 0. The standard InChI is InChI=1S/C22H20F6N2/c23-21(24,25)13-3-1-4-15(11-13)29-20-10-7-18(20)19(8-2-9-19)30-17-12-14(22(26,27)28)5-6-16(17)20/h1,3-6,11-12,18,29-30H,2,7-10H2. The van der Waals surface area contributed by atoms with E-state index in [4.69, 9.17) is 0 Å². The Bertz CT molecular complexity index is 992. The second kappa shape index (κ2) is 6.08. The summed E-state index contributed by atoms with van der Waals surface area (Å²) < 4.78 is 79.4. The summed E-state index contributed by atoms with van der Waals surface area (Å²) in [4.78, 5) is 0. The van der Waals surface area contributed by atoms with Crippen molar-refractivity contribution in [1.82, 2.24) is 0 Å². The summed E-state index contributed by atoms with van der Waals surface area (Å²) in [7, 11) is 0.